The van der Waals surface area contributed by atoms with Crippen LogP contribution < -0.4 is 4.90 Å². The van der Waals surface area contributed by atoms with E-state index in [1.807, 2.05) is 11.0 Å². The maximum absolute atomic E-state index is 13.5. The molecule has 2 aliphatic rings. The number of hydrogen-bond acceptors (Lipinski definition) is 5. The Labute approximate surface area is 202 Å². The SMILES string of the molecule is CC1Cc2ccccc2N1C(=O)C1CCCN(Cc2nc(-c3ccc(C(C)(C)C)cc3)no2)C1. The Morgan fingerprint density at radius 2 is 1.88 bits per heavy atom. The molecule has 34 heavy (non-hydrogen) atoms. The van der Waals surface area contributed by atoms with Crippen molar-refractivity contribution in [3.05, 3.63) is 65.5 Å². The molecule has 0 radical (unpaired) electrons. The molecule has 0 N–H and O–H groups in total. The van der Waals surface area contributed by atoms with Gasteiger partial charge in [0, 0.05) is 23.8 Å². The van der Waals surface area contributed by atoms with E-state index in [1.54, 1.807) is 0 Å². The van der Waals surface area contributed by atoms with E-state index >= 15 is 0 Å². The van der Waals surface area contributed by atoms with Gasteiger partial charge in [-0.15, -0.1) is 0 Å². The Kier molecular flexibility index (Phi) is 6.02. The summed E-state index contributed by atoms with van der Waals surface area (Å²) in [4.78, 5) is 22.4. The largest absolute Gasteiger partial charge is 0.338 e. The molecule has 6 nitrogen and oxygen atoms in total. The average Bonchev–Trinajstić information content (AvgIpc) is 3.42. The first-order valence-electron chi connectivity index (χ1n) is 12.4. The van der Waals surface area contributed by atoms with Crippen LogP contribution in [0.25, 0.3) is 11.4 Å². The standard InChI is InChI=1S/C28H34N4O2/c1-19-16-21-8-5-6-10-24(21)32(19)27(33)22-9-7-15-31(17-22)18-25-29-26(30-34-25)20-11-13-23(14-12-20)28(2,3)4/h5-6,8,10-14,19,22H,7,9,15-18H2,1-4H3. The molecule has 2 aromatic carbocycles. The number of anilines is 1. The molecule has 3 heterocycles. The Bertz CT molecular complexity index is 1160. The fourth-order valence-corrected chi connectivity index (χ4v) is 5.25. The van der Waals surface area contributed by atoms with Crippen LogP contribution in [0.4, 0.5) is 5.69 Å². The van der Waals surface area contributed by atoms with Crippen molar-refractivity contribution in [2.45, 2.75) is 65.0 Å². The van der Waals surface area contributed by atoms with Gasteiger partial charge in [-0.05, 0) is 55.3 Å². The molecule has 6 heteroatoms. The summed E-state index contributed by atoms with van der Waals surface area (Å²) in [5.74, 6) is 1.45. The van der Waals surface area contributed by atoms with E-state index in [2.05, 4.69) is 85.2 Å². The van der Waals surface area contributed by atoms with E-state index in [0.717, 1.165) is 43.6 Å². The van der Waals surface area contributed by atoms with E-state index < -0.39 is 0 Å². The van der Waals surface area contributed by atoms with Gasteiger partial charge in [-0.2, -0.15) is 4.98 Å². The third-order valence-electron chi connectivity index (χ3n) is 7.14. The first-order chi connectivity index (χ1) is 16.3. The van der Waals surface area contributed by atoms with Crippen LogP contribution in [0.15, 0.2) is 53.1 Å². The number of piperidine rings is 1. The number of para-hydroxylation sites is 1. The van der Waals surface area contributed by atoms with E-state index in [-0.39, 0.29) is 23.3 Å². The molecular formula is C28H34N4O2. The quantitative estimate of drug-likeness (QED) is 0.536. The van der Waals surface area contributed by atoms with E-state index in [0.29, 0.717) is 18.3 Å². The van der Waals surface area contributed by atoms with Crippen molar-refractivity contribution in [1.29, 1.82) is 0 Å². The summed E-state index contributed by atoms with van der Waals surface area (Å²) < 4.78 is 5.58. The highest BCUT2D eigenvalue weighted by Gasteiger charge is 2.36. The molecule has 0 aliphatic carbocycles. The normalized spacial score (nSPS) is 21.0. The molecule has 2 aliphatic heterocycles. The van der Waals surface area contributed by atoms with Gasteiger partial charge >= 0.3 is 0 Å². The van der Waals surface area contributed by atoms with E-state index in [9.17, 15) is 4.79 Å². The van der Waals surface area contributed by atoms with Gasteiger partial charge in [0.2, 0.25) is 17.6 Å². The lowest BCUT2D eigenvalue weighted by Crippen LogP contribution is -2.46. The second-order valence-corrected chi connectivity index (χ2v) is 10.8. The lowest BCUT2D eigenvalue weighted by Gasteiger charge is -2.34. The molecule has 178 valence electrons. The number of hydrogen-bond donors (Lipinski definition) is 0. The summed E-state index contributed by atoms with van der Waals surface area (Å²) in [6.45, 7) is 11.0. The Morgan fingerprint density at radius 3 is 2.65 bits per heavy atom. The van der Waals surface area contributed by atoms with Gasteiger partial charge in [0.25, 0.3) is 0 Å². The van der Waals surface area contributed by atoms with Crippen LogP contribution in [-0.4, -0.2) is 40.1 Å². The molecule has 2 unspecified atom stereocenters. The minimum absolute atomic E-state index is 0.00492. The van der Waals surface area contributed by atoms with Crippen molar-refractivity contribution < 1.29 is 9.32 Å². The van der Waals surface area contributed by atoms with Crippen LogP contribution in [0.3, 0.4) is 0 Å². The zero-order valence-electron chi connectivity index (χ0n) is 20.6. The summed E-state index contributed by atoms with van der Waals surface area (Å²) in [5.41, 5.74) is 4.69. The number of aromatic nitrogens is 2. The number of likely N-dealkylation sites (tertiary alicyclic amines) is 1. The van der Waals surface area contributed by atoms with Crippen LogP contribution in [0.5, 0.6) is 0 Å². The molecule has 0 spiro atoms. The highest BCUT2D eigenvalue weighted by atomic mass is 16.5. The van der Waals surface area contributed by atoms with Crippen molar-refractivity contribution in [1.82, 2.24) is 15.0 Å². The second-order valence-electron chi connectivity index (χ2n) is 10.8. The number of rotatable bonds is 4. The monoisotopic (exact) mass is 458 g/mol. The zero-order chi connectivity index (χ0) is 23.9. The smallest absolute Gasteiger partial charge is 0.241 e. The predicted molar refractivity (Wildman–Crippen MR) is 134 cm³/mol. The maximum atomic E-state index is 13.5. The van der Waals surface area contributed by atoms with Gasteiger partial charge in [0.1, 0.15) is 0 Å². The molecule has 1 saturated heterocycles. The highest BCUT2D eigenvalue weighted by molar-refractivity contribution is 5.97. The van der Waals surface area contributed by atoms with Gasteiger partial charge < -0.3 is 9.42 Å². The van der Waals surface area contributed by atoms with Gasteiger partial charge in [-0.3, -0.25) is 9.69 Å². The molecule has 1 aromatic heterocycles. The molecule has 2 atom stereocenters. The first-order valence-corrected chi connectivity index (χ1v) is 12.4. The van der Waals surface area contributed by atoms with Gasteiger partial charge in [-0.25, -0.2) is 0 Å². The van der Waals surface area contributed by atoms with Crippen molar-refractivity contribution in [3.63, 3.8) is 0 Å². The summed E-state index contributed by atoms with van der Waals surface area (Å²) in [6, 6.07) is 16.9. The Hall–Kier alpha value is -2.99. The summed E-state index contributed by atoms with van der Waals surface area (Å²) >= 11 is 0. The van der Waals surface area contributed by atoms with Crippen LogP contribution in [-0.2, 0) is 23.2 Å². The lowest BCUT2D eigenvalue weighted by atomic mass is 9.87. The molecule has 3 aromatic rings. The number of amides is 1. The molecule has 1 fully saturated rings. The van der Waals surface area contributed by atoms with Crippen molar-refractivity contribution >= 4 is 11.6 Å². The molecule has 1 amide bonds. The summed E-state index contributed by atoms with van der Waals surface area (Å²) in [6.07, 6.45) is 2.85. The molecule has 5 rings (SSSR count). The van der Waals surface area contributed by atoms with Gasteiger partial charge in [0.05, 0.1) is 12.5 Å². The fourth-order valence-electron chi connectivity index (χ4n) is 5.25. The molecule has 0 saturated carbocycles. The maximum Gasteiger partial charge on any atom is 0.241 e. The van der Waals surface area contributed by atoms with Crippen molar-refractivity contribution in [3.8, 4) is 11.4 Å². The molecular weight excluding hydrogens is 424 g/mol. The Balaban J connectivity index is 1.24. The fraction of sp³-hybridized carbons (Fsp3) is 0.464. The zero-order valence-corrected chi connectivity index (χ0v) is 20.6. The minimum Gasteiger partial charge on any atom is -0.338 e. The number of fused-ring (bicyclic) bond motifs is 1. The molecule has 0 bridgehead atoms. The van der Waals surface area contributed by atoms with Crippen molar-refractivity contribution in [2.24, 2.45) is 5.92 Å². The summed E-state index contributed by atoms with van der Waals surface area (Å²) in [5, 5.41) is 4.21. The highest BCUT2D eigenvalue weighted by Crippen LogP contribution is 2.34. The predicted octanol–water partition coefficient (Wildman–Crippen LogP) is 5.22. The number of carbonyl (C=O) groups is 1. The summed E-state index contributed by atoms with van der Waals surface area (Å²) in [7, 11) is 0. The van der Waals surface area contributed by atoms with Crippen LogP contribution in [0.1, 0.15) is 57.6 Å². The number of nitrogens with zero attached hydrogens (tertiary/aromatic N) is 4. The third-order valence-corrected chi connectivity index (χ3v) is 7.14. The van der Waals surface area contributed by atoms with Gasteiger partial charge in [0.15, 0.2) is 0 Å². The third kappa shape index (κ3) is 4.51. The first kappa shape index (κ1) is 22.8. The topological polar surface area (TPSA) is 62.5 Å². The number of carbonyl (C=O) groups excluding carboxylic acids is 1. The van der Waals surface area contributed by atoms with Gasteiger partial charge in [-0.1, -0.05) is 68.4 Å². The number of benzene rings is 2. The van der Waals surface area contributed by atoms with Crippen LogP contribution >= 0.6 is 0 Å². The second kappa shape index (κ2) is 8.99. The van der Waals surface area contributed by atoms with Crippen molar-refractivity contribution in [2.75, 3.05) is 18.0 Å². The van der Waals surface area contributed by atoms with Crippen LogP contribution in [0, 0.1) is 5.92 Å². The average molecular weight is 459 g/mol. The Morgan fingerprint density at radius 1 is 1.12 bits per heavy atom. The van der Waals surface area contributed by atoms with Crippen LogP contribution in [0.2, 0.25) is 0 Å². The lowest BCUT2D eigenvalue weighted by molar-refractivity contribution is -0.124. The van der Waals surface area contributed by atoms with E-state index in [1.165, 1.54) is 11.1 Å². The minimum atomic E-state index is -0.00492. The van der Waals surface area contributed by atoms with E-state index in [4.69, 9.17) is 4.52 Å².